The summed E-state index contributed by atoms with van der Waals surface area (Å²) >= 11 is 0. The summed E-state index contributed by atoms with van der Waals surface area (Å²) in [5, 5.41) is 13.1. The third kappa shape index (κ3) is 3.96. The van der Waals surface area contributed by atoms with Crippen molar-refractivity contribution in [2.24, 2.45) is 11.8 Å². The Morgan fingerprint density at radius 3 is 2.55 bits per heavy atom. The van der Waals surface area contributed by atoms with Crippen LogP contribution in [-0.4, -0.2) is 24.8 Å². The molecule has 0 amide bonds. The molecule has 2 saturated carbocycles. The van der Waals surface area contributed by atoms with Crippen molar-refractivity contribution in [3.63, 3.8) is 0 Å². The van der Waals surface area contributed by atoms with Gasteiger partial charge in [-0.2, -0.15) is 5.26 Å². The van der Waals surface area contributed by atoms with Crippen LogP contribution in [0.15, 0.2) is 0 Å². The normalized spacial score (nSPS) is 30.4. The first kappa shape index (κ1) is 15.8. The molecule has 20 heavy (non-hydrogen) atoms. The van der Waals surface area contributed by atoms with E-state index in [0.717, 1.165) is 32.0 Å². The van der Waals surface area contributed by atoms with Gasteiger partial charge < -0.3 is 4.74 Å². The van der Waals surface area contributed by atoms with E-state index in [4.69, 9.17) is 4.74 Å². The zero-order valence-electron chi connectivity index (χ0n) is 13.2. The number of hydrogen-bond acceptors (Lipinski definition) is 3. The van der Waals surface area contributed by atoms with E-state index in [1.54, 1.807) is 0 Å². The lowest BCUT2D eigenvalue weighted by atomic mass is 9.83. The van der Waals surface area contributed by atoms with E-state index in [9.17, 15) is 5.26 Å². The number of hydrogen-bond donors (Lipinski definition) is 1. The maximum atomic E-state index is 9.60. The lowest BCUT2D eigenvalue weighted by Gasteiger charge is -2.32. The first-order valence-corrected chi connectivity index (χ1v) is 8.43. The minimum absolute atomic E-state index is 0.300. The third-order valence-corrected chi connectivity index (χ3v) is 5.07. The van der Waals surface area contributed by atoms with Gasteiger partial charge in [0, 0.05) is 19.3 Å². The monoisotopic (exact) mass is 278 g/mol. The fourth-order valence-corrected chi connectivity index (χ4v) is 3.71. The van der Waals surface area contributed by atoms with Crippen LogP contribution in [0, 0.1) is 23.2 Å². The van der Waals surface area contributed by atoms with E-state index in [2.05, 4.69) is 25.2 Å². The molecule has 0 aromatic heterocycles. The van der Waals surface area contributed by atoms with Crippen molar-refractivity contribution in [2.75, 3.05) is 13.2 Å². The molecule has 2 rings (SSSR count). The second-order valence-electron chi connectivity index (χ2n) is 6.96. The molecule has 2 aliphatic carbocycles. The van der Waals surface area contributed by atoms with Crippen LogP contribution in [-0.2, 0) is 4.74 Å². The molecule has 3 heteroatoms. The van der Waals surface area contributed by atoms with Crippen LogP contribution < -0.4 is 5.32 Å². The van der Waals surface area contributed by atoms with Gasteiger partial charge >= 0.3 is 0 Å². The van der Waals surface area contributed by atoms with Crippen LogP contribution in [0.3, 0.4) is 0 Å². The molecule has 2 fully saturated rings. The fraction of sp³-hybridized carbons (Fsp3) is 0.941. The summed E-state index contributed by atoms with van der Waals surface area (Å²) in [5.41, 5.74) is -0.300. The summed E-state index contributed by atoms with van der Waals surface area (Å²) in [6.45, 7) is 5.99. The average Bonchev–Trinajstić information content (AvgIpc) is 2.74. The molecule has 2 aliphatic rings. The summed E-state index contributed by atoms with van der Waals surface area (Å²) < 4.78 is 5.81. The van der Waals surface area contributed by atoms with Crippen LogP contribution in [0.1, 0.15) is 65.2 Å². The van der Waals surface area contributed by atoms with Gasteiger partial charge in [-0.3, -0.25) is 5.32 Å². The number of nitrogens with one attached hydrogen (secondary N) is 1. The van der Waals surface area contributed by atoms with Gasteiger partial charge in [-0.25, -0.2) is 0 Å². The number of rotatable bonds is 8. The molecule has 2 atom stereocenters. The van der Waals surface area contributed by atoms with Gasteiger partial charge in [0.15, 0.2) is 0 Å². The molecule has 0 aromatic carbocycles. The zero-order chi connectivity index (χ0) is 14.4. The quantitative estimate of drug-likeness (QED) is 0.689. The predicted octanol–water partition coefficient (Wildman–Crippen LogP) is 3.64. The Morgan fingerprint density at radius 1 is 1.20 bits per heavy atom. The first-order valence-electron chi connectivity index (χ1n) is 8.43. The maximum absolute atomic E-state index is 9.60. The van der Waals surface area contributed by atoms with Crippen LogP contribution in [0.5, 0.6) is 0 Å². The molecule has 3 nitrogen and oxygen atoms in total. The Labute approximate surface area is 124 Å². The molecule has 2 unspecified atom stereocenters. The molecule has 0 aromatic rings. The molecular formula is C17H30N2O. The van der Waals surface area contributed by atoms with E-state index in [0.29, 0.717) is 12.0 Å². The summed E-state index contributed by atoms with van der Waals surface area (Å²) in [7, 11) is 0. The second kappa shape index (κ2) is 7.43. The topological polar surface area (TPSA) is 45.0 Å². The van der Waals surface area contributed by atoms with Crippen LogP contribution >= 0.6 is 0 Å². The molecule has 0 saturated heterocycles. The first-order chi connectivity index (χ1) is 9.66. The molecule has 114 valence electrons. The SMILES string of the molecule is CC(C)NC1(C#N)CCCC1CCOCCC1CCC1. The van der Waals surface area contributed by atoms with Crippen LogP contribution in [0.2, 0.25) is 0 Å². The van der Waals surface area contributed by atoms with Crippen LogP contribution in [0.25, 0.3) is 0 Å². The van der Waals surface area contributed by atoms with E-state index in [1.165, 1.54) is 38.5 Å². The van der Waals surface area contributed by atoms with Gasteiger partial charge in [0.1, 0.15) is 5.54 Å². The maximum Gasteiger partial charge on any atom is 0.109 e. The summed E-state index contributed by atoms with van der Waals surface area (Å²) in [4.78, 5) is 0. The summed E-state index contributed by atoms with van der Waals surface area (Å²) in [6.07, 6.45) is 9.81. The van der Waals surface area contributed by atoms with Crippen molar-refractivity contribution in [3.8, 4) is 6.07 Å². The average molecular weight is 278 g/mol. The molecule has 0 spiro atoms. The fourth-order valence-electron chi connectivity index (χ4n) is 3.71. The standard InChI is InChI=1S/C17H30N2O/c1-14(2)19-17(13-18)10-4-7-16(17)9-12-20-11-8-15-5-3-6-15/h14-16,19H,3-12H2,1-2H3. The van der Waals surface area contributed by atoms with Crippen molar-refractivity contribution >= 4 is 0 Å². The highest BCUT2D eigenvalue weighted by atomic mass is 16.5. The van der Waals surface area contributed by atoms with E-state index < -0.39 is 0 Å². The van der Waals surface area contributed by atoms with Crippen LogP contribution in [0.4, 0.5) is 0 Å². The van der Waals surface area contributed by atoms with Gasteiger partial charge in [-0.1, -0.05) is 25.7 Å². The molecule has 0 radical (unpaired) electrons. The Balaban J connectivity index is 1.68. The second-order valence-corrected chi connectivity index (χ2v) is 6.96. The van der Waals surface area contributed by atoms with Crippen molar-refractivity contribution in [3.05, 3.63) is 0 Å². The molecule has 0 heterocycles. The van der Waals surface area contributed by atoms with Gasteiger partial charge in [-0.15, -0.1) is 0 Å². The molecular weight excluding hydrogens is 248 g/mol. The lowest BCUT2D eigenvalue weighted by Crippen LogP contribution is -2.50. The zero-order valence-corrected chi connectivity index (χ0v) is 13.2. The smallest absolute Gasteiger partial charge is 0.109 e. The Morgan fingerprint density at radius 2 is 1.95 bits per heavy atom. The van der Waals surface area contributed by atoms with E-state index in [1.807, 2.05) is 0 Å². The van der Waals surface area contributed by atoms with Gasteiger partial charge in [0.05, 0.1) is 6.07 Å². The Bertz CT molecular complexity index is 332. The molecule has 1 N–H and O–H groups in total. The number of nitriles is 1. The predicted molar refractivity (Wildman–Crippen MR) is 81.4 cm³/mol. The van der Waals surface area contributed by atoms with E-state index >= 15 is 0 Å². The van der Waals surface area contributed by atoms with E-state index in [-0.39, 0.29) is 5.54 Å². The van der Waals surface area contributed by atoms with Gasteiger partial charge in [-0.05, 0) is 51.4 Å². The number of ether oxygens (including phenoxy) is 1. The summed E-state index contributed by atoms with van der Waals surface area (Å²) in [5.74, 6) is 1.39. The summed E-state index contributed by atoms with van der Waals surface area (Å²) in [6, 6.07) is 2.94. The number of nitrogens with zero attached hydrogens (tertiary/aromatic N) is 1. The molecule has 0 aliphatic heterocycles. The highest BCUT2D eigenvalue weighted by Gasteiger charge is 2.43. The van der Waals surface area contributed by atoms with Crippen molar-refractivity contribution < 1.29 is 4.74 Å². The minimum atomic E-state index is -0.300. The molecule has 0 bridgehead atoms. The minimum Gasteiger partial charge on any atom is -0.381 e. The lowest BCUT2D eigenvalue weighted by molar-refractivity contribution is 0.0892. The van der Waals surface area contributed by atoms with Gasteiger partial charge in [0.2, 0.25) is 0 Å². The third-order valence-electron chi connectivity index (χ3n) is 5.07. The van der Waals surface area contributed by atoms with Gasteiger partial charge in [0.25, 0.3) is 0 Å². The van der Waals surface area contributed by atoms with Crippen molar-refractivity contribution in [1.82, 2.24) is 5.32 Å². The Kier molecular flexibility index (Phi) is 5.86. The largest absolute Gasteiger partial charge is 0.381 e. The Hall–Kier alpha value is -0.590. The highest BCUT2D eigenvalue weighted by molar-refractivity contribution is 5.14. The highest BCUT2D eigenvalue weighted by Crippen LogP contribution is 2.38. The van der Waals surface area contributed by atoms with Crippen molar-refractivity contribution in [1.29, 1.82) is 5.26 Å². The van der Waals surface area contributed by atoms with Crippen molar-refractivity contribution in [2.45, 2.75) is 76.8 Å².